The van der Waals surface area contributed by atoms with Gasteiger partial charge < -0.3 is 10.5 Å². The molecule has 0 aliphatic carbocycles. The summed E-state index contributed by atoms with van der Waals surface area (Å²) in [5.74, 6) is -0.595. The van der Waals surface area contributed by atoms with Gasteiger partial charge in [-0.3, -0.25) is 18.4 Å². The number of hydrogen-bond acceptors (Lipinski definition) is 9. The Morgan fingerprint density at radius 1 is 1.54 bits per heavy atom. The molecule has 3 rings (SSSR count). The lowest BCUT2D eigenvalue weighted by Crippen LogP contribution is -2.43. The number of esters is 1. The van der Waals surface area contributed by atoms with Crippen LogP contribution in [0.5, 0.6) is 0 Å². The molecular formula is C15H22FN4O6PS. The van der Waals surface area contributed by atoms with Gasteiger partial charge in [-0.1, -0.05) is 0 Å². The fraction of sp³-hybridized carbons (Fsp3) is 0.667. The van der Waals surface area contributed by atoms with Gasteiger partial charge in [0.1, 0.15) is 23.3 Å². The second-order valence-corrected chi connectivity index (χ2v) is 9.83. The van der Waals surface area contributed by atoms with E-state index in [1.54, 1.807) is 13.8 Å². The lowest BCUT2D eigenvalue weighted by Gasteiger charge is -2.33. The first kappa shape index (κ1) is 21.3. The number of alkyl halides is 1. The molecule has 13 heteroatoms. The minimum absolute atomic E-state index is 0.0348. The van der Waals surface area contributed by atoms with Crippen LogP contribution in [0.25, 0.3) is 0 Å². The smallest absolute Gasteiger partial charge is 0.406 e. The summed E-state index contributed by atoms with van der Waals surface area (Å²) in [6.45, 7) is 4.74. The van der Waals surface area contributed by atoms with Crippen molar-refractivity contribution in [3.8, 4) is 0 Å². The average Bonchev–Trinajstić information content (AvgIpc) is 2.90. The van der Waals surface area contributed by atoms with E-state index in [1.807, 2.05) is 0 Å². The zero-order valence-electron chi connectivity index (χ0n) is 15.5. The number of ether oxygens (including phenoxy) is 1. The van der Waals surface area contributed by atoms with E-state index in [0.29, 0.717) is 0 Å². The van der Waals surface area contributed by atoms with Crippen molar-refractivity contribution in [2.75, 3.05) is 12.3 Å². The Morgan fingerprint density at radius 2 is 2.25 bits per heavy atom. The largest absolute Gasteiger partial charge is 0.462 e. The number of nitrogens with zero attached hydrogens (tertiary/aromatic N) is 2. The summed E-state index contributed by atoms with van der Waals surface area (Å²) in [5.41, 5.74) is 4.77. The molecule has 10 nitrogen and oxygen atoms in total. The number of thioether (sulfide) groups is 1. The molecule has 0 amide bonds. The van der Waals surface area contributed by atoms with Gasteiger partial charge in [0.25, 0.3) is 0 Å². The minimum Gasteiger partial charge on any atom is -0.462 e. The van der Waals surface area contributed by atoms with Crippen molar-refractivity contribution in [3.63, 3.8) is 0 Å². The Hall–Kier alpha value is -1.46. The van der Waals surface area contributed by atoms with Crippen LogP contribution in [0, 0.1) is 0 Å². The summed E-state index contributed by atoms with van der Waals surface area (Å²) in [7, 11) is -3.94. The molecule has 2 aliphatic heterocycles. The summed E-state index contributed by atoms with van der Waals surface area (Å²) < 4.78 is 44.7. The number of carbonyl (C=O) groups excluding carboxylic acids is 1. The van der Waals surface area contributed by atoms with Crippen LogP contribution in [0.3, 0.4) is 0 Å². The first-order valence-electron chi connectivity index (χ1n) is 8.65. The summed E-state index contributed by atoms with van der Waals surface area (Å²) >= 11 is 1.13. The number of nitrogens with two attached hydrogens (primary N) is 1. The Balaban J connectivity index is 1.71. The molecule has 3 N–H and O–H groups in total. The maximum atomic E-state index is 15.0. The first-order chi connectivity index (χ1) is 13.1. The second-order valence-electron chi connectivity index (χ2n) is 6.75. The van der Waals surface area contributed by atoms with Gasteiger partial charge in [0, 0.05) is 6.20 Å². The molecule has 1 aromatic rings. The van der Waals surface area contributed by atoms with Gasteiger partial charge in [0.05, 0.1) is 18.0 Å². The van der Waals surface area contributed by atoms with E-state index in [1.165, 1.54) is 19.2 Å². The fourth-order valence-corrected chi connectivity index (χ4v) is 6.21. The number of halogens is 1. The van der Waals surface area contributed by atoms with E-state index in [0.717, 1.165) is 16.3 Å². The monoisotopic (exact) mass is 436 g/mol. The Morgan fingerprint density at radius 3 is 2.89 bits per heavy atom. The molecule has 1 aromatic heterocycles. The first-order valence-corrected chi connectivity index (χ1v) is 11.1. The normalized spacial score (nSPS) is 33.5. The third-order valence-corrected chi connectivity index (χ3v) is 7.35. The second kappa shape index (κ2) is 8.11. The van der Waals surface area contributed by atoms with Gasteiger partial charge in [0.15, 0.2) is 6.17 Å². The number of nitrogens with one attached hydrogen (secondary N) is 1. The maximum Gasteiger partial charge on any atom is 0.406 e. The number of hydrogen-bond donors (Lipinski definition) is 2. The van der Waals surface area contributed by atoms with Crippen molar-refractivity contribution in [1.82, 2.24) is 14.6 Å². The van der Waals surface area contributed by atoms with Crippen LogP contribution >= 0.6 is 19.5 Å². The van der Waals surface area contributed by atoms with E-state index >= 15 is 4.39 Å². The number of aromatic nitrogens is 2. The van der Waals surface area contributed by atoms with Gasteiger partial charge in [-0.25, -0.2) is 18.8 Å². The number of nitrogen functional groups attached to an aromatic ring is 1. The average molecular weight is 436 g/mol. The molecule has 2 fully saturated rings. The molecule has 3 heterocycles. The lowest BCUT2D eigenvalue weighted by molar-refractivity contribution is -0.149. The van der Waals surface area contributed by atoms with Crippen molar-refractivity contribution < 1.29 is 27.5 Å². The Labute approximate surface area is 164 Å². The molecular weight excluding hydrogens is 414 g/mol. The summed E-state index contributed by atoms with van der Waals surface area (Å²) in [6.07, 6.45) is -1.71. The Bertz CT molecular complexity index is 854. The molecule has 0 bridgehead atoms. The highest BCUT2D eigenvalue weighted by atomic mass is 32.2. The van der Waals surface area contributed by atoms with Crippen molar-refractivity contribution in [2.45, 2.75) is 55.8 Å². The van der Waals surface area contributed by atoms with Crippen molar-refractivity contribution in [1.29, 1.82) is 0 Å². The predicted molar refractivity (Wildman–Crippen MR) is 100 cm³/mol. The minimum atomic E-state index is -3.94. The van der Waals surface area contributed by atoms with Crippen molar-refractivity contribution in [2.24, 2.45) is 0 Å². The van der Waals surface area contributed by atoms with E-state index in [4.69, 9.17) is 19.5 Å². The molecule has 2 unspecified atom stereocenters. The highest BCUT2D eigenvalue weighted by molar-refractivity contribution is 8.00. The predicted octanol–water partition coefficient (Wildman–Crippen LogP) is 1.23. The summed E-state index contributed by atoms with van der Waals surface area (Å²) in [4.78, 5) is 27.5. The van der Waals surface area contributed by atoms with E-state index < -0.39 is 48.3 Å². The van der Waals surface area contributed by atoms with E-state index in [-0.39, 0.29) is 18.5 Å². The third kappa shape index (κ3) is 4.41. The van der Waals surface area contributed by atoms with Crippen LogP contribution in [-0.4, -0.2) is 51.8 Å². The van der Waals surface area contributed by atoms with Crippen molar-refractivity contribution >= 4 is 31.3 Å². The molecule has 0 saturated carbocycles. The van der Waals surface area contributed by atoms with Crippen LogP contribution in [0.4, 0.5) is 10.2 Å². The quantitative estimate of drug-likeness (QED) is 0.512. The van der Waals surface area contributed by atoms with Crippen LogP contribution in [0.2, 0.25) is 0 Å². The standard InChI is InChI=1S/C15H22FN4O6PS/c1-7(2)25-14(21)8(3)19-27(23)24-6-9-12(26-27)11(16)13(28-9)20-5-4-10(17)18-15(20)22/h4-5,7-9,11-13H,6H2,1-3H3,(H,19,23)(H2,17,18,22)/t8?,9-,11+,12-,13-,27?/m1/s1. The molecule has 2 aliphatic rings. The number of fused-ring (bicyclic) bond motifs is 1. The fourth-order valence-electron chi connectivity index (χ4n) is 2.85. The number of carbonyl (C=O) groups is 1. The topological polar surface area (TPSA) is 135 Å². The maximum absolute atomic E-state index is 15.0. The Kier molecular flexibility index (Phi) is 6.16. The van der Waals surface area contributed by atoms with Crippen LogP contribution in [0.15, 0.2) is 17.1 Å². The van der Waals surface area contributed by atoms with Crippen LogP contribution < -0.4 is 16.5 Å². The van der Waals surface area contributed by atoms with E-state index in [2.05, 4.69) is 10.1 Å². The third-order valence-electron chi connectivity index (χ3n) is 4.12. The molecule has 0 spiro atoms. The molecule has 0 radical (unpaired) electrons. The number of rotatable bonds is 5. The van der Waals surface area contributed by atoms with Gasteiger partial charge in [0.2, 0.25) is 0 Å². The molecule has 156 valence electrons. The highest BCUT2D eigenvalue weighted by Crippen LogP contribution is 2.57. The molecule has 2 saturated heterocycles. The molecule has 0 aromatic carbocycles. The lowest BCUT2D eigenvalue weighted by atomic mass is 10.1. The van der Waals surface area contributed by atoms with Gasteiger partial charge >= 0.3 is 19.4 Å². The van der Waals surface area contributed by atoms with Crippen LogP contribution in [0.1, 0.15) is 26.1 Å². The van der Waals surface area contributed by atoms with Crippen molar-refractivity contribution in [3.05, 3.63) is 22.7 Å². The zero-order chi connectivity index (χ0) is 20.6. The highest BCUT2D eigenvalue weighted by Gasteiger charge is 2.53. The zero-order valence-corrected chi connectivity index (χ0v) is 17.2. The molecule has 28 heavy (non-hydrogen) atoms. The summed E-state index contributed by atoms with van der Waals surface area (Å²) in [5, 5.41) is 1.07. The SMILES string of the molecule is CC(C)OC(=O)C(C)NP1(=O)OC[C@H]2S[C@@H](n3ccc(N)nc3=O)[C@@H](F)[C@@H]2O1. The van der Waals surface area contributed by atoms with Gasteiger partial charge in [-0.2, -0.15) is 4.98 Å². The van der Waals surface area contributed by atoms with E-state index in [9.17, 15) is 14.2 Å². The number of anilines is 1. The van der Waals surface area contributed by atoms with Crippen LogP contribution in [-0.2, 0) is 23.1 Å². The van der Waals surface area contributed by atoms with Gasteiger partial charge in [-0.05, 0) is 26.8 Å². The molecule has 6 atom stereocenters. The van der Waals surface area contributed by atoms with Gasteiger partial charge in [-0.15, -0.1) is 11.8 Å². The summed E-state index contributed by atoms with van der Waals surface area (Å²) in [6, 6.07) is 0.416.